The number of aliphatic hydroxyl groups is 1. The number of benzene rings is 1. The summed E-state index contributed by atoms with van der Waals surface area (Å²) >= 11 is 0. The van der Waals surface area contributed by atoms with Gasteiger partial charge in [-0.3, -0.25) is 4.79 Å². The predicted molar refractivity (Wildman–Crippen MR) is 91.3 cm³/mol. The first kappa shape index (κ1) is 16.6. The van der Waals surface area contributed by atoms with Crippen LogP contribution < -0.4 is 5.32 Å². The van der Waals surface area contributed by atoms with E-state index in [-0.39, 0.29) is 18.1 Å². The fraction of sp³-hybridized carbons (Fsp3) is 0.500. The van der Waals surface area contributed by atoms with Crippen LogP contribution >= 0.6 is 0 Å². The molecule has 0 aliphatic heterocycles. The van der Waals surface area contributed by atoms with E-state index in [9.17, 15) is 9.90 Å². The first-order chi connectivity index (χ1) is 11.4. The van der Waals surface area contributed by atoms with E-state index in [1.807, 2.05) is 26.0 Å². The third-order valence-electron chi connectivity index (χ3n) is 4.60. The number of carbonyl (C=O) groups excluding carboxylic acids is 1. The van der Waals surface area contributed by atoms with Crippen LogP contribution in [0.15, 0.2) is 18.2 Å². The summed E-state index contributed by atoms with van der Waals surface area (Å²) in [5.41, 5.74) is 4.10. The molecular weight excluding hydrogens is 304 g/mol. The average molecular weight is 328 g/mol. The molecule has 1 aromatic heterocycles. The van der Waals surface area contributed by atoms with Gasteiger partial charge in [-0.05, 0) is 58.1 Å². The van der Waals surface area contributed by atoms with Crippen LogP contribution in [-0.2, 0) is 0 Å². The molecule has 0 saturated heterocycles. The second kappa shape index (κ2) is 6.73. The normalized spacial score (nSPS) is 20.8. The van der Waals surface area contributed by atoms with E-state index < -0.39 is 0 Å². The van der Waals surface area contributed by atoms with Gasteiger partial charge in [-0.2, -0.15) is 9.90 Å². The molecule has 1 aromatic carbocycles. The zero-order chi connectivity index (χ0) is 17.3. The Balaban J connectivity index is 1.77. The first-order valence-corrected chi connectivity index (χ1v) is 8.44. The fourth-order valence-corrected chi connectivity index (χ4v) is 3.20. The minimum absolute atomic E-state index is 0.103. The van der Waals surface area contributed by atoms with Gasteiger partial charge in [0.15, 0.2) is 5.69 Å². The van der Waals surface area contributed by atoms with Gasteiger partial charge in [0.1, 0.15) is 0 Å². The molecule has 1 aliphatic rings. The molecule has 0 atom stereocenters. The molecule has 1 fully saturated rings. The molecule has 0 radical (unpaired) electrons. The summed E-state index contributed by atoms with van der Waals surface area (Å²) in [4.78, 5) is 14.0. The van der Waals surface area contributed by atoms with E-state index in [1.165, 1.54) is 10.4 Å². The summed E-state index contributed by atoms with van der Waals surface area (Å²) in [7, 11) is 0. The van der Waals surface area contributed by atoms with Gasteiger partial charge in [0.25, 0.3) is 5.91 Å². The minimum atomic E-state index is -0.231. The average Bonchev–Trinajstić information content (AvgIpc) is 2.91. The third-order valence-corrected chi connectivity index (χ3v) is 4.60. The molecule has 24 heavy (non-hydrogen) atoms. The lowest BCUT2D eigenvalue weighted by atomic mass is 9.93. The van der Waals surface area contributed by atoms with Crippen LogP contribution in [0.4, 0.5) is 0 Å². The van der Waals surface area contributed by atoms with Crippen molar-refractivity contribution in [2.24, 2.45) is 0 Å². The largest absolute Gasteiger partial charge is 0.393 e. The molecule has 2 N–H and O–H groups in total. The molecule has 3 rings (SSSR count). The number of aromatic nitrogens is 3. The van der Waals surface area contributed by atoms with Gasteiger partial charge < -0.3 is 10.4 Å². The molecule has 0 spiro atoms. The Morgan fingerprint density at radius 1 is 1.17 bits per heavy atom. The second-order valence-corrected chi connectivity index (χ2v) is 6.69. The first-order valence-electron chi connectivity index (χ1n) is 8.44. The molecule has 128 valence electrons. The van der Waals surface area contributed by atoms with Crippen LogP contribution in [-0.4, -0.2) is 38.2 Å². The number of nitrogens with one attached hydrogen (secondary N) is 1. The third kappa shape index (κ3) is 3.48. The van der Waals surface area contributed by atoms with E-state index in [0.29, 0.717) is 11.4 Å². The van der Waals surface area contributed by atoms with Gasteiger partial charge in [0.05, 0.1) is 17.5 Å². The van der Waals surface area contributed by atoms with Crippen LogP contribution in [0.3, 0.4) is 0 Å². The van der Waals surface area contributed by atoms with E-state index in [0.717, 1.165) is 36.9 Å². The highest BCUT2D eigenvalue weighted by molar-refractivity contribution is 5.93. The quantitative estimate of drug-likeness (QED) is 0.905. The predicted octanol–water partition coefficient (Wildman–Crippen LogP) is 2.23. The van der Waals surface area contributed by atoms with E-state index >= 15 is 0 Å². The number of carbonyl (C=O) groups is 1. The standard InChI is InChI=1S/C18H24N4O2/c1-11-4-9-16(12(2)10-11)22-20-13(3)17(21-22)18(24)19-14-5-7-15(23)8-6-14/h4,9-10,14-15,23H,5-8H2,1-3H3,(H,19,24). The van der Waals surface area contributed by atoms with Crippen molar-refractivity contribution < 1.29 is 9.90 Å². The number of aliphatic hydroxyl groups excluding tert-OH is 1. The van der Waals surface area contributed by atoms with Crippen molar-refractivity contribution in [2.45, 2.75) is 58.6 Å². The highest BCUT2D eigenvalue weighted by Crippen LogP contribution is 2.19. The van der Waals surface area contributed by atoms with Crippen molar-refractivity contribution in [3.8, 4) is 5.69 Å². The molecule has 1 aliphatic carbocycles. The van der Waals surface area contributed by atoms with Gasteiger partial charge in [0.2, 0.25) is 0 Å². The molecule has 0 bridgehead atoms. The highest BCUT2D eigenvalue weighted by atomic mass is 16.3. The van der Waals surface area contributed by atoms with Crippen molar-refractivity contribution in [2.75, 3.05) is 0 Å². The maximum absolute atomic E-state index is 12.5. The number of aryl methyl sites for hydroxylation is 3. The summed E-state index contributed by atoms with van der Waals surface area (Å²) in [5.74, 6) is -0.190. The molecule has 0 unspecified atom stereocenters. The van der Waals surface area contributed by atoms with Crippen molar-refractivity contribution in [3.05, 3.63) is 40.7 Å². The summed E-state index contributed by atoms with van der Waals surface area (Å²) in [6.07, 6.45) is 2.84. The summed E-state index contributed by atoms with van der Waals surface area (Å²) in [6.45, 7) is 5.85. The monoisotopic (exact) mass is 328 g/mol. The molecule has 1 saturated carbocycles. The molecule has 1 heterocycles. The van der Waals surface area contributed by atoms with E-state index in [4.69, 9.17) is 0 Å². The topological polar surface area (TPSA) is 80.0 Å². The molecule has 6 nitrogen and oxygen atoms in total. The van der Waals surface area contributed by atoms with Crippen molar-refractivity contribution in [3.63, 3.8) is 0 Å². The van der Waals surface area contributed by atoms with E-state index in [1.54, 1.807) is 6.92 Å². The fourth-order valence-electron chi connectivity index (χ4n) is 3.20. The lowest BCUT2D eigenvalue weighted by Gasteiger charge is -2.25. The Morgan fingerprint density at radius 3 is 2.54 bits per heavy atom. The molecule has 2 aromatic rings. The van der Waals surface area contributed by atoms with Gasteiger partial charge in [-0.25, -0.2) is 0 Å². The highest BCUT2D eigenvalue weighted by Gasteiger charge is 2.24. The lowest BCUT2D eigenvalue weighted by molar-refractivity contribution is 0.0862. The Morgan fingerprint density at radius 2 is 1.88 bits per heavy atom. The zero-order valence-corrected chi connectivity index (χ0v) is 14.4. The van der Waals surface area contributed by atoms with Crippen LogP contribution in [0.1, 0.15) is 53.0 Å². The zero-order valence-electron chi connectivity index (χ0n) is 14.4. The lowest BCUT2D eigenvalue weighted by Crippen LogP contribution is -2.39. The van der Waals surface area contributed by atoms with Gasteiger partial charge in [0, 0.05) is 6.04 Å². The van der Waals surface area contributed by atoms with E-state index in [2.05, 4.69) is 21.6 Å². The maximum atomic E-state index is 12.5. The van der Waals surface area contributed by atoms with Crippen LogP contribution in [0.2, 0.25) is 0 Å². The van der Waals surface area contributed by atoms with Crippen molar-refractivity contribution >= 4 is 5.91 Å². The number of rotatable bonds is 3. The smallest absolute Gasteiger partial charge is 0.273 e. The SMILES string of the molecule is Cc1ccc(-n2nc(C)c(C(=O)NC3CCC(O)CC3)n2)c(C)c1. The van der Waals surface area contributed by atoms with Gasteiger partial charge >= 0.3 is 0 Å². The van der Waals surface area contributed by atoms with Crippen molar-refractivity contribution in [1.29, 1.82) is 0 Å². The number of amides is 1. The number of nitrogens with zero attached hydrogens (tertiary/aromatic N) is 3. The Labute approximate surface area is 141 Å². The molecular formula is C18H24N4O2. The van der Waals surface area contributed by atoms with Crippen LogP contribution in [0.25, 0.3) is 5.69 Å². The van der Waals surface area contributed by atoms with Crippen LogP contribution in [0, 0.1) is 20.8 Å². The Bertz CT molecular complexity index is 745. The summed E-state index contributed by atoms with van der Waals surface area (Å²) in [6, 6.07) is 6.15. The van der Waals surface area contributed by atoms with Gasteiger partial charge in [-0.15, -0.1) is 5.10 Å². The van der Waals surface area contributed by atoms with Crippen LogP contribution in [0.5, 0.6) is 0 Å². The summed E-state index contributed by atoms with van der Waals surface area (Å²) < 4.78 is 0. The second-order valence-electron chi connectivity index (χ2n) is 6.69. The van der Waals surface area contributed by atoms with Crippen molar-refractivity contribution in [1.82, 2.24) is 20.3 Å². The van der Waals surface area contributed by atoms with Gasteiger partial charge in [-0.1, -0.05) is 17.7 Å². The number of hydrogen-bond donors (Lipinski definition) is 2. The Kier molecular flexibility index (Phi) is 4.66. The number of hydrogen-bond acceptors (Lipinski definition) is 4. The Hall–Kier alpha value is -2.21. The minimum Gasteiger partial charge on any atom is -0.393 e. The summed E-state index contributed by atoms with van der Waals surface area (Å²) in [5, 5.41) is 21.4. The molecule has 6 heteroatoms. The maximum Gasteiger partial charge on any atom is 0.273 e. The molecule has 1 amide bonds.